The Bertz CT molecular complexity index is 1350. The zero-order chi connectivity index (χ0) is 27.9. The molecule has 2 amide bonds. The van der Waals surface area contributed by atoms with Gasteiger partial charge in [0, 0.05) is 17.6 Å². The smallest absolute Gasteiger partial charge is 0.264 e. The number of benzene rings is 3. The van der Waals surface area contributed by atoms with Gasteiger partial charge in [-0.05, 0) is 62.2 Å². The van der Waals surface area contributed by atoms with Crippen LogP contribution in [-0.2, 0) is 26.2 Å². The first-order valence-electron chi connectivity index (χ1n) is 12.2. The molecule has 0 aliphatic heterocycles. The van der Waals surface area contributed by atoms with Gasteiger partial charge in [-0.3, -0.25) is 13.9 Å². The molecule has 1 N–H and O–H groups in total. The van der Waals surface area contributed by atoms with Crippen LogP contribution in [-0.4, -0.2) is 43.8 Å². The number of sulfonamides is 1. The summed E-state index contributed by atoms with van der Waals surface area (Å²) in [5.74, 6) is -0.870. The van der Waals surface area contributed by atoms with Crippen LogP contribution in [0.1, 0.15) is 32.8 Å². The molecule has 7 nitrogen and oxygen atoms in total. The summed E-state index contributed by atoms with van der Waals surface area (Å²) in [6, 6.07) is 20.2. The summed E-state index contributed by atoms with van der Waals surface area (Å²) in [7, 11) is -4.17. The number of anilines is 1. The highest BCUT2D eigenvalue weighted by molar-refractivity contribution is 7.92. The lowest BCUT2D eigenvalue weighted by Crippen LogP contribution is -2.53. The van der Waals surface area contributed by atoms with Crippen molar-refractivity contribution in [2.24, 2.45) is 0 Å². The van der Waals surface area contributed by atoms with Gasteiger partial charge in [0.2, 0.25) is 11.8 Å². The molecule has 3 aromatic rings. The van der Waals surface area contributed by atoms with Gasteiger partial charge in [-0.25, -0.2) is 8.42 Å². The van der Waals surface area contributed by atoms with E-state index in [4.69, 9.17) is 23.2 Å². The van der Waals surface area contributed by atoms with Crippen molar-refractivity contribution >= 4 is 50.7 Å². The molecule has 0 aromatic heterocycles. The molecule has 0 unspecified atom stereocenters. The van der Waals surface area contributed by atoms with Crippen LogP contribution in [0.15, 0.2) is 83.8 Å². The van der Waals surface area contributed by atoms with Crippen LogP contribution >= 0.6 is 23.2 Å². The van der Waals surface area contributed by atoms with E-state index >= 15 is 0 Å². The quantitative estimate of drug-likeness (QED) is 0.326. The van der Waals surface area contributed by atoms with Crippen molar-refractivity contribution in [3.8, 4) is 0 Å². The monoisotopic (exact) mass is 575 g/mol. The third-order valence-corrected chi connectivity index (χ3v) is 8.16. The van der Waals surface area contributed by atoms with Gasteiger partial charge in [0.15, 0.2) is 0 Å². The molecule has 3 rings (SSSR count). The van der Waals surface area contributed by atoms with Crippen LogP contribution in [0.5, 0.6) is 0 Å². The summed E-state index contributed by atoms with van der Waals surface area (Å²) in [6.07, 6.45) is 0.329. The predicted molar refractivity (Wildman–Crippen MR) is 152 cm³/mol. The van der Waals surface area contributed by atoms with Crippen molar-refractivity contribution in [3.63, 3.8) is 0 Å². The molecule has 0 heterocycles. The minimum atomic E-state index is -4.17. The fourth-order valence-electron chi connectivity index (χ4n) is 3.97. The van der Waals surface area contributed by atoms with Crippen molar-refractivity contribution in [1.29, 1.82) is 0 Å². The summed E-state index contributed by atoms with van der Waals surface area (Å²) in [5, 5.41) is 3.58. The second-order valence-electron chi connectivity index (χ2n) is 9.01. The molecule has 1 atom stereocenters. The maximum atomic E-state index is 13.9. The Morgan fingerprint density at radius 2 is 1.50 bits per heavy atom. The normalized spacial score (nSPS) is 12.2. The van der Waals surface area contributed by atoms with Gasteiger partial charge in [-0.15, -0.1) is 0 Å². The van der Waals surface area contributed by atoms with Crippen molar-refractivity contribution in [2.45, 2.75) is 50.7 Å². The minimum Gasteiger partial charge on any atom is -0.352 e. The van der Waals surface area contributed by atoms with E-state index in [-0.39, 0.29) is 34.1 Å². The third kappa shape index (κ3) is 7.28. The first kappa shape index (κ1) is 29.5. The molecule has 0 radical (unpaired) electrons. The number of carbonyl (C=O) groups is 2. The average Bonchev–Trinajstić information content (AvgIpc) is 2.88. The summed E-state index contributed by atoms with van der Waals surface area (Å²) < 4.78 is 28.5. The van der Waals surface area contributed by atoms with Gasteiger partial charge in [0.05, 0.1) is 15.6 Å². The number of nitrogens with one attached hydrogen (secondary N) is 1. The Kier molecular flexibility index (Phi) is 10.2. The zero-order valence-corrected chi connectivity index (χ0v) is 23.8. The van der Waals surface area contributed by atoms with Crippen LogP contribution in [0.4, 0.5) is 5.69 Å². The number of nitrogens with zero attached hydrogens (tertiary/aromatic N) is 2. The van der Waals surface area contributed by atoms with Crippen LogP contribution < -0.4 is 9.62 Å². The molecular weight excluding hydrogens is 545 g/mol. The number of hydrogen-bond donors (Lipinski definition) is 1. The second kappa shape index (κ2) is 13.1. The molecule has 3 aromatic carbocycles. The van der Waals surface area contributed by atoms with Gasteiger partial charge in [0.25, 0.3) is 10.0 Å². The third-order valence-electron chi connectivity index (χ3n) is 5.81. The van der Waals surface area contributed by atoms with Crippen LogP contribution in [0.25, 0.3) is 0 Å². The molecule has 10 heteroatoms. The number of hydrogen-bond acceptors (Lipinski definition) is 4. The van der Waals surface area contributed by atoms with Crippen LogP contribution in [0.2, 0.25) is 10.0 Å². The standard InChI is InChI=1S/C28H31Cl2N3O4S/c1-4-25(28(35)31-20(2)3)32(18-21-14-16-22(29)17-15-21)27(34)19-33(26-13-9-8-12-24(26)30)38(36,37)23-10-6-5-7-11-23/h5-17,20,25H,4,18-19H2,1-3H3,(H,31,35)/t25-/m0/s1. The van der Waals surface area contributed by atoms with E-state index in [0.29, 0.717) is 11.4 Å². The highest BCUT2D eigenvalue weighted by atomic mass is 35.5. The molecular formula is C28H31Cl2N3O4S. The largest absolute Gasteiger partial charge is 0.352 e. The molecule has 0 spiro atoms. The van der Waals surface area contributed by atoms with Crippen LogP contribution in [0.3, 0.4) is 0 Å². The zero-order valence-electron chi connectivity index (χ0n) is 21.5. The lowest BCUT2D eigenvalue weighted by Gasteiger charge is -2.33. The molecule has 0 aliphatic rings. The summed E-state index contributed by atoms with van der Waals surface area (Å²) in [5.41, 5.74) is 0.909. The van der Waals surface area contributed by atoms with E-state index in [1.54, 1.807) is 73.7 Å². The lowest BCUT2D eigenvalue weighted by atomic mass is 10.1. The fraction of sp³-hybridized carbons (Fsp3) is 0.286. The van der Waals surface area contributed by atoms with Gasteiger partial charge >= 0.3 is 0 Å². The first-order valence-corrected chi connectivity index (χ1v) is 14.4. The molecule has 0 bridgehead atoms. The van der Waals surface area contributed by atoms with Gasteiger partial charge in [0.1, 0.15) is 12.6 Å². The predicted octanol–water partition coefficient (Wildman–Crippen LogP) is 5.52. The second-order valence-corrected chi connectivity index (χ2v) is 11.7. The van der Waals surface area contributed by atoms with Crippen molar-refractivity contribution in [2.75, 3.05) is 10.8 Å². The van der Waals surface area contributed by atoms with E-state index < -0.39 is 28.5 Å². The first-order chi connectivity index (χ1) is 18.0. The van der Waals surface area contributed by atoms with E-state index in [1.165, 1.54) is 17.0 Å². The topological polar surface area (TPSA) is 86.8 Å². The Labute approximate surface area is 234 Å². The SMILES string of the molecule is CC[C@@H](C(=O)NC(C)C)N(Cc1ccc(Cl)cc1)C(=O)CN(c1ccccc1Cl)S(=O)(=O)c1ccccc1. The Morgan fingerprint density at radius 1 is 0.895 bits per heavy atom. The number of para-hydroxylation sites is 1. The number of amides is 2. The van der Waals surface area contributed by atoms with E-state index in [9.17, 15) is 18.0 Å². The maximum Gasteiger partial charge on any atom is 0.264 e. The average molecular weight is 577 g/mol. The summed E-state index contributed by atoms with van der Waals surface area (Å²) in [6.45, 7) is 5.00. The minimum absolute atomic E-state index is 0.0153. The molecule has 0 fully saturated rings. The highest BCUT2D eigenvalue weighted by Crippen LogP contribution is 2.30. The van der Waals surface area contributed by atoms with Crippen molar-refractivity contribution in [1.82, 2.24) is 10.2 Å². The maximum absolute atomic E-state index is 13.9. The van der Waals surface area contributed by atoms with Crippen molar-refractivity contribution in [3.05, 3.63) is 94.5 Å². The van der Waals surface area contributed by atoms with Crippen molar-refractivity contribution < 1.29 is 18.0 Å². The Balaban J connectivity index is 2.06. The van der Waals surface area contributed by atoms with Crippen LogP contribution in [0, 0.1) is 0 Å². The molecule has 0 saturated heterocycles. The van der Waals surface area contributed by atoms with Gasteiger partial charge in [-0.1, -0.05) is 72.6 Å². The Hall–Kier alpha value is -3.07. The molecule has 38 heavy (non-hydrogen) atoms. The number of halogens is 2. The molecule has 0 aliphatic carbocycles. The van der Waals surface area contributed by atoms with E-state index in [2.05, 4.69) is 5.32 Å². The summed E-state index contributed by atoms with van der Waals surface area (Å²) >= 11 is 12.4. The lowest BCUT2D eigenvalue weighted by molar-refractivity contribution is -0.140. The van der Waals surface area contributed by atoms with Gasteiger partial charge in [-0.2, -0.15) is 0 Å². The number of carbonyl (C=O) groups excluding carboxylic acids is 2. The highest BCUT2D eigenvalue weighted by Gasteiger charge is 2.34. The molecule has 0 saturated carbocycles. The Morgan fingerprint density at radius 3 is 2.08 bits per heavy atom. The summed E-state index contributed by atoms with van der Waals surface area (Å²) in [4.78, 5) is 28.5. The van der Waals surface area contributed by atoms with E-state index in [1.807, 2.05) is 13.8 Å². The van der Waals surface area contributed by atoms with Gasteiger partial charge < -0.3 is 10.2 Å². The fourth-order valence-corrected chi connectivity index (χ4v) is 5.84. The molecule has 202 valence electrons. The van der Waals surface area contributed by atoms with E-state index in [0.717, 1.165) is 9.87 Å². The number of rotatable bonds is 11.